The summed E-state index contributed by atoms with van der Waals surface area (Å²) >= 11 is 0. The van der Waals surface area contributed by atoms with E-state index in [0.29, 0.717) is 22.6 Å². The van der Waals surface area contributed by atoms with E-state index in [9.17, 15) is 9.59 Å². The number of carboxylic acids is 1. The molecule has 0 saturated carbocycles. The number of hydrogen-bond donors (Lipinski definition) is 1. The Morgan fingerprint density at radius 1 is 1.14 bits per heavy atom. The molecular weight excluding hydrogens is 284 g/mol. The highest BCUT2D eigenvalue weighted by Gasteiger charge is 2.26. The van der Waals surface area contributed by atoms with Crippen molar-refractivity contribution in [2.75, 3.05) is 6.61 Å². The van der Waals surface area contributed by atoms with Gasteiger partial charge in [0, 0.05) is 5.56 Å². The summed E-state index contributed by atoms with van der Waals surface area (Å²) in [4.78, 5) is 22.9. The van der Waals surface area contributed by atoms with Crippen molar-refractivity contribution >= 4 is 17.8 Å². The largest absolute Gasteiger partial charge is 0.481 e. The van der Waals surface area contributed by atoms with Crippen LogP contribution in [0.5, 0.6) is 11.5 Å². The Morgan fingerprint density at radius 3 is 2.64 bits per heavy atom. The van der Waals surface area contributed by atoms with Crippen molar-refractivity contribution in [1.82, 2.24) is 0 Å². The van der Waals surface area contributed by atoms with Gasteiger partial charge in [0.1, 0.15) is 11.5 Å². The van der Waals surface area contributed by atoms with E-state index < -0.39 is 12.6 Å². The van der Waals surface area contributed by atoms with E-state index in [2.05, 4.69) is 0 Å². The van der Waals surface area contributed by atoms with Crippen molar-refractivity contribution in [1.29, 1.82) is 0 Å². The van der Waals surface area contributed by atoms with E-state index in [4.69, 9.17) is 14.6 Å². The van der Waals surface area contributed by atoms with Crippen LogP contribution < -0.4 is 9.47 Å². The highest BCUT2D eigenvalue weighted by molar-refractivity contribution is 6.14. The van der Waals surface area contributed by atoms with Gasteiger partial charge in [-0.1, -0.05) is 30.3 Å². The zero-order valence-corrected chi connectivity index (χ0v) is 11.5. The molecule has 5 heteroatoms. The van der Waals surface area contributed by atoms with E-state index in [0.717, 1.165) is 0 Å². The Hall–Kier alpha value is -3.08. The van der Waals surface area contributed by atoms with Crippen LogP contribution in [0.25, 0.3) is 6.08 Å². The summed E-state index contributed by atoms with van der Waals surface area (Å²) in [6.45, 7) is -0.449. The zero-order chi connectivity index (χ0) is 15.5. The lowest BCUT2D eigenvalue weighted by Crippen LogP contribution is -2.10. The molecule has 3 rings (SSSR count). The molecule has 0 bridgehead atoms. The number of aliphatic carboxylic acids is 1. The number of carbonyl (C=O) groups is 2. The molecule has 2 aromatic carbocycles. The summed E-state index contributed by atoms with van der Waals surface area (Å²) in [5, 5.41) is 8.69. The van der Waals surface area contributed by atoms with Gasteiger partial charge in [-0.05, 0) is 24.3 Å². The van der Waals surface area contributed by atoms with Crippen molar-refractivity contribution in [3.8, 4) is 11.5 Å². The minimum Gasteiger partial charge on any atom is -0.481 e. The molecule has 0 atom stereocenters. The number of ether oxygens (including phenoxy) is 2. The monoisotopic (exact) mass is 296 g/mol. The topological polar surface area (TPSA) is 72.8 Å². The van der Waals surface area contributed by atoms with Crippen LogP contribution in [0.15, 0.2) is 54.3 Å². The van der Waals surface area contributed by atoms with Gasteiger partial charge in [-0.25, -0.2) is 4.79 Å². The Kier molecular flexibility index (Phi) is 3.62. The number of fused-ring (bicyclic) bond motifs is 1. The fourth-order valence-corrected chi connectivity index (χ4v) is 2.15. The van der Waals surface area contributed by atoms with Crippen LogP contribution in [0.2, 0.25) is 0 Å². The number of rotatable bonds is 4. The molecule has 0 aromatic heterocycles. The molecular formula is C17H12O5. The number of hydrogen-bond acceptors (Lipinski definition) is 4. The normalized spacial score (nSPS) is 14.5. The Labute approximate surface area is 126 Å². The second kappa shape index (κ2) is 5.73. The maximum atomic E-state index is 12.3. The molecule has 2 aromatic rings. The van der Waals surface area contributed by atoms with Gasteiger partial charge >= 0.3 is 5.97 Å². The molecule has 0 saturated heterocycles. The third kappa shape index (κ3) is 2.69. The molecule has 0 amide bonds. The van der Waals surface area contributed by atoms with Gasteiger partial charge in [0.15, 0.2) is 12.4 Å². The third-order valence-electron chi connectivity index (χ3n) is 3.13. The summed E-state index contributed by atoms with van der Waals surface area (Å²) < 4.78 is 10.8. The number of carboxylic acid groups (broad SMARTS) is 1. The lowest BCUT2D eigenvalue weighted by atomic mass is 10.1. The number of benzene rings is 2. The summed E-state index contributed by atoms with van der Waals surface area (Å²) in [7, 11) is 0. The smallest absolute Gasteiger partial charge is 0.341 e. The maximum Gasteiger partial charge on any atom is 0.341 e. The first-order valence-electron chi connectivity index (χ1n) is 6.62. The van der Waals surface area contributed by atoms with Crippen LogP contribution in [0.3, 0.4) is 0 Å². The van der Waals surface area contributed by atoms with E-state index in [1.54, 1.807) is 54.6 Å². The molecule has 1 heterocycles. The number of Topliss-reactive ketones (excluding diaryl/α,β-unsaturated/α-hetero) is 1. The fraction of sp³-hybridized carbons (Fsp3) is 0.0588. The van der Waals surface area contributed by atoms with Gasteiger partial charge in [0.05, 0.1) is 5.56 Å². The maximum absolute atomic E-state index is 12.3. The average Bonchev–Trinajstić information content (AvgIpc) is 2.83. The van der Waals surface area contributed by atoms with Crippen LogP contribution >= 0.6 is 0 Å². The highest BCUT2D eigenvalue weighted by atomic mass is 16.5. The Balaban J connectivity index is 1.91. The summed E-state index contributed by atoms with van der Waals surface area (Å²) in [6, 6.07) is 13.8. The summed E-state index contributed by atoms with van der Waals surface area (Å²) in [5.74, 6) is -0.188. The van der Waals surface area contributed by atoms with Gasteiger partial charge < -0.3 is 14.6 Å². The molecule has 1 aliphatic rings. The van der Waals surface area contributed by atoms with E-state index in [1.807, 2.05) is 0 Å². The lowest BCUT2D eigenvalue weighted by Gasteiger charge is -2.07. The molecule has 0 spiro atoms. The van der Waals surface area contributed by atoms with Gasteiger partial charge in [-0.2, -0.15) is 0 Å². The van der Waals surface area contributed by atoms with Crippen LogP contribution in [-0.2, 0) is 4.79 Å². The summed E-state index contributed by atoms with van der Waals surface area (Å²) in [5.41, 5.74) is 1.09. The van der Waals surface area contributed by atoms with Gasteiger partial charge in [0.25, 0.3) is 0 Å². The molecule has 1 aliphatic heterocycles. The van der Waals surface area contributed by atoms with Crippen LogP contribution in [0, 0.1) is 0 Å². The molecule has 5 nitrogen and oxygen atoms in total. The van der Waals surface area contributed by atoms with Crippen LogP contribution in [0.4, 0.5) is 0 Å². The van der Waals surface area contributed by atoms with Crippen molar-refractivity contribution in [3.63, 3.8) is 0 Å². The molecule has 0 unspecified atom stereocenters. The van der Waals surface area contributed by atoms with Gasteiger partial charge in [0.2, 0.25) is 5.78 Å². The first-order chi connectivity index (χ1) is 10.6. The molecule has 22 heavy (non-hydrogen) atoms. The minimum absolute atomic E-state index is 0.188. The Morgan fingerprint density at radius 2 is 1.86 bits per heavy atom. The predicted octanol–water partition coefficient (Wildman–Crippen LogP) is 2.77. The standard InChI is InChI=1S/C17H12O5/c18-16(19)10-21-13-7-3-1-5-11(13)9-15-17(20)12-6-2-4-8-14(12)22-15/h1-9H,10H2,(H,18,19)/b15-9+. The van der Waals surface area contributed by atoms with E-state index >= 15 is 0 Å². The molecule has 1 N–H and O–H groups in total. The highest BCUT2D eigenvalue weighted by Crippen LogP contribution is 2.32. The van der Waals surface area contributed by atoms with E-state index in [1.165, 1.54) is 0 Å². The Bertz CT molecular complexity index is 776. The first-order valence-corrected chi connectivity index (χ1v) is 6.62. The third-order valence-corrected chi connectivity index (χ3v) is 3.13. The number of para-hydroxylation sites is 2. The van der Waals surface area contributed by atoms with Gasteiger partial charge in [-0.15, -0.1) is 0 Å². The van der Waals surface area contributed by atoms with Gasteiger partial charge in [-0.3, -0.25) is 4.79 Å². The van der Waals surface area contributed by atoms with Crippen LogP contribution in [-0.4, -0.2) is 23.5 Å². The number of carbonyl (C=O) groups excluding carboxylic acids is 1. The molecule has 110 valence electrons. The molecule has 0 fully saturated rings. The second-order valence-electron chi connectivity index (χ2n) is 4.66. The van der Waals surface area contributed by atoms with Crippen molar-refractivity contribution in [3.05, 3.63) is 65.4 Å². The quantitative estimate of drug-likeness (QED) is 0.878. The van der Waals surface area contributed by atoms with E-state index in [-0.39, 0.29) is 11.5 Å². The van der Waals surface area contributed by atoms with Crippen molar-refractivity contribution in [2.24, 2.45) is 0 Å². The van der Waals surface area contributed by atoms with Crippen LogP contribution in [0.1, 0.15) is 15.9 Å². The number of ketones is 1. The van der Waals surface area contributed by atoms with Crippen molar-refractivity contribution in [2.45, 2.75) is 0 Å². The average molecular weight is 296 g/mol. The minimum atomic E-state index is -1.07. The second-order valence-corrected chi connectivity index (χ2v) is 4.66. The fourth-order valence-electron chi connectivity index (χ4n) is 2.15. The SMILES string of the molecule is O=C(O)COc1ccccc1/C=C1/Oc2ccccc2C1=O. The predicted molar refractivity (Wildman–Crippen MR) is 79.0 cm³/mol. The zero-order valence-electron chi connectivity index (χ0n) is 11.5. The first kappa shape index (κ1) is 13.9. The lowest BCUT2D eigenvalue weighted by molar-refractivity contribution is -0.139. The van der Waals surface area contributed by atoms with Crippen molar-refractivity contribution < 1.29 is 24.2 Å². The number of allylic oxidation sites excluding steroid dienone is 1. The molecule has 0 radical (unpaired) electrons. The summed E-state index contributed by atoms with van der Waals surface area (Å²) in [6.07, 6.45) is 1.56. The molecule has 0 aliphatic carbocycles.